The van der Waals surface area contributed by atoms with Gasteiger partial charge in [-0.3, -0.25) is 19.5 Å². The Morgan fingerprint density at radius 1 is 1.10 bits per heavy atom. The molecule has 2 fully saturated rings. The van der Waals surface area contributed by atoms with Crippen LogP contribution in [0.15, 0.2) is 37.1 Å². The molecule has 3 heterocycles. The topological polar surface area (TPSA) is 137 Å². The fraction of sp³-hybridized carbons (Fsp3) is 0.542. The van der Waals surface area contributed by atoms with Gasteiger partial charge < -0.3 is 19.8 Å². The van der Waals surface area contributed by atoms with Crippen LogP contribution in [0.3, 0.4) is 0 Å². The van der Waals surface area contributed by atoms with Crippen LogP contribution in [0.2, 0.25) is 0 Å². The van der Waals surface area contributed by atoms with Gasteiger partial charge >= 0.3 is 30.3 Å². The van der Waals surface area contributed by atoms with Crippen molar-refractivity contribution in [1.29, 1.82) is 0 Å². The lowest BCUT2D eigenvalue weighted by molar-refractivity contribution is -0.193. The molecule has 0 aromatic carbocycles. The van der Waals surface area contributed by atoms with E-state index in [1.54, 1.807) is 18.3 Å². The van der Waals surface area contributed by atoms with E-state index < -0.39 is 29.7 Å². The molecule has 3 rings (SSSR count). The summed E-state index contributed by atoms with van der Waals surface area (Å²) >= 11 is 0. The van der Waals surface area contributed by atoms with E-state index in [4.69, 9.17) is 24.5 Å². The van der Waals surface area contributed by atoms with E-state index in [-0.39, 0.29) is 17.8 Å². The summed E-state index contributed by atoms with van der Waals surface area (Å²) in [6.45, 7) is 9.43. The fourth-order valence-electron chi connectivity index (χ4n) is 4.30. The molecule has 1 amide bonds. The van der Waals surface area contributed by atoms with E-state index in [9.17, 15) is 35.9 Å². The molecule has 0 saturated carbocycles. The molecule has 2 atom stereocenters. The van der Waals surface area contributed by atoms with Crippen molar-refractivity contribution >= 4 is 23.8 Å². The molecule has 10 nitrogen and oxygen atoms in total. The van der Waals surface area contributed by atoms with Crippen molar-refractivity contribution in [3.8, 4) is 0 Å². The van der Waals surface area contributed by atoms with E-state index in [1.807, 2.05) is 24.0 Å². The predicted molar refractivity (Wildman–Crippen MR) is 126 cm³/mol. The van der Waals surface area contributed by atoms with E-state index in [1.165, 1.54) is 0 Å². The van der Waals surface area contributed by atoms with Gasteiger partial charge in [0.05, 0.1) is 12.0 Å². The third kappa shape index (κ3) is 9.81. The average molecular weight is 585 g/mol. The highest BCUT2D eigenvalue weighted by Gasteiger charge is 2.54. The molecule has 0 bridgehead atoms. The van der Waals surface area contributed by atoms with Gasteiger partial charge in [-0.2, -0.15) is 26.3 Å². The van der Waals surface area contributed by atoms with E-state index in [2.05, 4.69) is 16.5 Å². The standard InChI is InChI=1S/C20H27N3O3.2C2HF3O2/c1-3-11-22-13-16-14-23(18(24)17-8-5-6-10-21-17)12-7-9-20(16,15-22)19(25)26-4-2;2*3-2(4,5)1(6)7/h3,5-6,8,10,16H,1,4,7,9,11-15H2,2H3;2*(H,6,7)/t16-,20+;;/m1../s1. The molecule has 16 heteroatoms. The lowest BCUT2D eigenvalue weighted by Crippen LogP contribution is -2.43. The number of hydrogen-bond donors (Lipinski definition) is 2. The largest absolute Gasteiger partial charge is 0.490 e. The van der Waals surface area contributed by atoms with Gasteiger partial charge in [0.25, 0.3) is 5.91 Å². The molecule has 224 valence electrons. The van der Waals surface area contributed by atoms with Gasteiger partial charge in [0.1, 0.15) is 5.69 Å². The van der Waals surface area contributed by atoms with E-state index in [0.717, 1.165) is 25.9 Å². The number of aromatic nitrogens is 1. The number of pyridine rings is 1. The summed E-state index contributed by atoms with van der Waals surface area (Å²) in [6.07, 6.45) is -5.14. The molecule has 2 aliphatic heterocycles. The van der Waals surface area contributed by atoms with Crippen LogP contribution in [0, 0.1) is 11.3 Å². The van der Waals surface area contributed by atoms with Crippen molar-refractivity contribution in [2.24, 2.45) is 11.3 Å². The second-order valence-corrected chi connectivity index (χ2v) is 8.73. The summed E-state index contributed by atoms with van der Waals surface area (Å²) in [4.78, 5) is 51.8. The summed E-state index contributed by atoms with van der Waals surface area (Å²) in [6, 6.07) is 5.36. The van der Waals surface area contributed by atoms with Gasteiger partial charge in [-0.05, 0) is 31.9 Å². The number of carbonyl (C=O) groups is 4. The number of rotatable bonds is 5. The highest BCUT2D eigenvalue weighted by molar-refractivity contribution is 5.92. The van der Waals surface area contributed by atoms with Crippen LogP contribution in [-0.2, 0) is 19.1 Å². The number of fused-ring (bicyclic) bond motifs is 1. The second kappa shape index (κ2) is 14.6. The Balaban J connectivity index is 0.000000473. The normalized spacial score (nSPS) is 20.9. The van der Waals surface area contributed by atoms with Gasteiger partial charge in [0, 0.05) is 44.8 Å². The summed E-state index contributed by atoms with van der Waals surface area (Å²) < 4.78 is 68.9. The summed E-state index contributed by atoms with van der Waals surface area (Å²) in [7, 11) is 0. The van der Waals surface area contributed by atoms with Gasteiger partial charge in [-0.1, -0.05) is 12.1 Å². The smallest absolute Gasteiger partial charge is 0.475 e. The Morgan fingerprint density at radius 3 is 2.12 bits per heavy atom. The first-order chi connectivity index (χ1) is 18.5. The molecule has 40 heavy (non-hydrogen) atoms. The number of alkyl halides is 6. The number of carbonyl (C=O) groups excluding carboxylic acids is 2. The first-order valence-electron chi connectivity index (χ1n) is 11.8. The fourth-order valence-corrected chi connectivity index (χ4v) is 4.30. The first-order valence-corrected chi connectivity index (χ1v) is 11.8. The number of carboxylic acids is 2. The van der Waals surface area contributed by atoms with Crippen LogP contribution in [0.1, 0.15) is 30.3 Å². The zero-order valence-electron chi connectivity index (χ0n) is 21.4. The zero-order valence-corrected chi connectivity index (χ0v) is 21.4. The van der Waals surface area contributed by atoms with Crippen LogP contribution >= 0.6 is 0 Å². The van der Waals surface area contributed by atoms with Crippen molar-refractivity contribution in [2.45, 2.75) is 32.1 Å². The van der Waals surface area contributed by atoms with Crippen molar-refractivity contribution in [3.63, 3.8) is 0 Å². The zero-order chi connectivity index (χ0) is 30.7. The van der Waals surface area contributed by atoms with Crippen LogP contribution < -0.4 is 0 Å². The lowest BCUT2D eigenvalue weighted by atomic mass is 9.75. The maximum atomic E-state index is 12.9. The Morgan fingerprint density at radius 2 is 1.68 bits per heavy atom. The van der Waals surface area contributed by atoms with Crippen LogP contribution in [0.5, 0.6) is 0 Å². The Kier molecular flexibility index (Phi) is 12.6. The van der Waals surface area contributed by atoms with Gasteiger partial charge in [-0.15, -0.1) is 6.58 Å². The Bertz CT molecular complexity index is 1010. The highest BCUT2D eigenvalue weighted by Crippen LogP contribution is 2.43. The molecule has 0 aliphatic carbocycles. The van der Waals surface area contributed by atoms with E-state index >= 15 is 0 Å². The average Bonchev–Trinajstić information content (AvgIpc) is 3.10. The monoisotopic (exact) mass is 585 g/mol. The number of aliphatic carboxylic acids is 2. The number of ether oxygens (including phenoxy) is 1. The molecular formula is C24H29F6N3O7. The number of esters is 1. The van der Waals surface area contributed by atoms with Crippen molar-refractivity contribution in [3.05, 3.63) is 42.7 Å². The molecule has 1 aromatic heterocycles. The number of likely N-dealkylation sites (tertiary alicyclic amines) is 2. The Labute approximate surface area is 225 Å². The minimum Gasteiger partial charge on any atom is -0.475 e. The van der Waals surface area contributed by atoms with E-state index in [0.29, 0.717) is 31.9 Å². The SMILES string of the molecule is C=CCN1C[C@@H]2CN(C(=O)c3ccccn3)CCC[C@]2(C(=O)OCC)C1.O=C(O)C(F)(F)F.O=C(O)C(F)(F)F. The quantitative estimate of drug-likeness (QED) is 0.303. The summed E-state index contributed by atoms with van der Waals surface area (Å²) in [5, 5.41) is 14.2. The predicted octanol–water partition coefficient (Wildman–Crippen LogP) is 3.25. The number of hydrogen-bond acceptors (Lipinski definition) is 7. The van der Waals surface area contributed by atoms with Crippen LogP contribution in [0.25, 0.3) is 0 Å². The molecule has 0 spiro atoms. The number of amides is 1. The Hall–Kier alpha value is -3.69. The maximum Gasteiger partial charge on any atom is 0.490 e. The van der Waals surface area contributed by atoms with Gasteiger partial charge in [-0.25, -0.2) is 9.59 Å². The molecule has 2 saturated heterocycles. The van der Waals surface area contributed by atoms with Gasteiger partial charge in [0.2, 0.25) is 0 Å². The molecule has 1 aromatic rings. The van der Waals surface area contributed by atoms with Crippen LogP contribution in [0.4, 0.5) is 26.3 Å². The van der Waals surface area contributed by atoms with Crippen molar-refractivity contribution in [2.75, 3.05) is 39.3 Å². The van der Waals surface area contributed by atoms with Crippen molar-refractivity contribution < 1.29 is 60.5 Å². The van der Waals surface area contributed by atoms with Crippen molar-refractivity contribution in [1.82, 2.24) is 14.8 Å². The minimum absolute atomic E-state index is 0.0626. The second-order valence-electron chi connectivity index (χ2n) is 8.73. The third-order valence-corrected chi connectivity index (χ3v) is 5.98. The molecule has 0 radical (unpaired) electrons. The molecule has 2 aliphatic rings. The third-order valence-electron chi connectivity index (χ3n) is 5.98. The van der Waals surface area contributed by atoms with Crippen LogP contribution in [-0.4, -0.2) is 100 Å². The van der Waals surface area contributed by atoms with Gasteiger partial charge in [0.15, 0.2) is 0 Å². The summed E-state index contributed by atoms with van der Waals surface area (Å²) in [5.74, 6) is -5.63. The number of halogens is 6. The number of carboxylic acid groups (broad SMARTS) is 2. The molecule has 2 N–H and O–H groups in total. The number of nitrogens with zero attached hydrogens (tertiary/aromatic N) is 3. The lowest BCUT2D eigenvalue weighted by Gasteiger charge is -2.31. The maximum absolute atomic E-state index is 12.9. The molecular weight excluding hydrogens is 556 g/mol. The minimum atomic E-state index is -5.08. The summed E-state index contributed by atoms with van der Waals surface area (Å²) in [5.41, 5.74) is -0.0740. The first kappa shape index (κ1) is 34.3. The molecule has 0 unspecified atom stereocenters. The highest BCUT2D eigenvalue weighted by atomic mass is 19.4.